The normalized spacial score (nSPS) is 11.9. The van der Waals surface area contributed by atoms with Gasteiger partial charge in [-0.1, -0.05) is 0 Å². The Kier molecular flexibility index (Phi) is 4.39. The van der Waals surface area contributed by atoms with Gasteiger partial charge in [0.25, 0.3) is 0 Å². The minimum absolute atomic E-state index is 0.121. The summed E-state index contributed by atoms with van der Waals surface area (Å²) in [7, 11) is 1.61. The maximum atomic E-state index is 9.87. The number of hydrogen-bond donors (Lipinski definition) is 3. The topological polar surface area (TPSA) is 61.7 Å². The fraction of sp³-hybridized carbons (Fsp3) is 0.200. The van der Waals surface area contributed by atoms with Gasteiger partial charge >= 0.3 is 0 Å². The molecule has 106 valence electrons. The third kappa shape index (κ3) is 3.17. The van der Waals surface area contributed by atoms with Crippen molar-refractivity contribution in [3.8, 4) is 17.2 Å². The zero-order chi connectivity index (χ0) is 14.7. The lowest BCUT2D eigenvalue weighted by Crippen LogP contribution is -2.07. The molecule has 2 aromatic carbocycles. The molecule has 0 fully saturated rings. The summed E-state index contributed by atoms with van der Waals surface area (Å²) < 4.78 is 6.08. The standard InChI is InChI=1S/C15H16BrNO3/c1-9(12-7-10(18)3-6-15(12)19)17-14-8-11(20-2)4-5-13(14)16/h3-9,17-19H,1-2H3. The predicted octanol–water partition coefficient (Wildman–Crippen LogP) is 4.04. The van der Waals surface area contributed by atoms with Crippen LogP contribution in [0.25, 0.3) is 0 Å². The Hall–Kier alpha value is -1.88. The summed E-state index contributed by atoms with van der Waals surface area (Å²) in [5, 5.41) is 22.7. The third-order valence-corrected chi connectivity index (χ3v) is 3.71. The molecule has 1 atom stereocenters. The SMILES string of the molecule is COc1ccc(Br)c(NC(C)c2cc(O)ccc2O)c1. The van der Waals surface area contributed by atoms with Crippen molar-refractivity contribution < 1.29 is 14.9 Å². The van der Waals surface area contributed by atoms with Crippen LogP contribution in [0.1, 0.15) is 18.5 Å². The van der Waals surface area contributed by atoms with Crippen LogP contribution in [0.4, 0.5) is 5.69 Å². The first-order valence-corrected chi connectivity index (χ1v) is 6.92. The van der Waals surface area contributed by atoms with Crippen molar-refractivity contribution in [3.63, 3.8) is 0 Å². The molecule has 2 aromatic rings. The van der Waals surface area contributed by atoms with E-state index >= 15 is 0 Å². The fourth-order valence-electron chi connectivity index (χ4n) is 1.94. The molecular formula is C15H16BrNO3. The van der Waals surface area contributed by atoms with E-state index in [1.807, 2.05) is 25.1 Å². The number of halogens is 1. The summed E-state index contributed by atoms with van der Waals surface area (Å²) in [5.41, 5.74) is 1.47. The first-order chi connectivity index (χ1) is 9.51. The fourth-order valence-corrected chi connectivity index (χ4v) is 2.30. The van der Waals surface area contributed by atoms with Crippen molar-refractivity contribution >= 4 is 21.6 Å². The first-order valence-electron chi connectivity index (χ1n) is 6.13. The number of anilines is 1. The molecular weight excluding hydrogens is 322 g/mol. The number of phenols is 2. The summed E-state index contributed by atoms with van der Waals surface area (Å²) in [6.07, 6.45) is 0. The Balaban J connectivity index is 2.27. The number of rotatable bonds is 4. The zero-order valence-electron chi connectivity index (χ0n) is 11.2. The van der Waals surface area contributed by atoms with Crippen LogP contribution in [0, 0.1) is 0 Å². The number of benzene rings is 2. The van der Waals surface area contributed by atoms with Crippen LogP contribution in [0.5, 0.6) is 17.2 Å². The average Bonchev–Trinajstić information content (AvgIpc) is 2.43. The van der Waals surface area contributed by atoms with Gasteiger partial charge < -0.3 is 20.3 Å². The van der Waals surface area contributed by atoms with Gasteiger partial charge in [-0.2, -0.15) is 0 Å². The number of hydrogen-bond acceptors (Lipinski definition) is 4. The quantitative estimate of drug-likeness (QED) is 0.737. The highest BCUT2D eigenvalue weighted by molar-refractivity contribution is 9.10. The van der Waals surface area contributed by atoms with Gasteiger partial charge in [0.2, 0.25) is 0 Å². The van der Waals surface area contributed by atoms with Crippen LogP contribution >= 0.6 is 15.9 Å². The number of ether oxygens (including phenoxy) is 1. The van der Waals surface area contributed by atoms with E-state index in [1.165, 1.54) is 12.1 Å². The van der Waals surface area contributed by atoms with Crippen LogP contribution in [0.15, 0.2) is 40.9 Å². The highest BCUT2D eigenvalue weighted by atomic mass is 79.9. The smallest absolute Gasteiger partial charge is 0.121 e. The van der Waals surface area contributed by atoms with Gasteiger partial charge in [-0.25, -0.2) is 0 Å². The Morgan fingerprint density at radius 3 is 2.60 bits per heavy atom. The van der Waals surface area contributed by atoms with Crippen molar-refractivity contribution in [3.05, 3.63) is 46.4 Å². The molecule has 1 unspecified atom stereocenters. The van der Waals surface area contributed by atoms with E-state index in [1.54, 1.807) is 13.2 Å². The van der Waals surface area contributed by atoms with Gasteiger partial charge in [-0.15, -0.1) is 0 Å². The number of phenolic OH excluding ortho intramolecular Hbond substituents is 2. The molecule has 5 heteroatoms. The van der Waals surface area contributed by atoms with Crippen LogP contribution in [0.3, 0.4) is 0 Å². The average molecular weight is 338 g/mol. The summed E-state index contributed by atoms with van der Waals surface area (Å²) in [6, 6.07) is 9.89. The highest BCUT2D eigenvalue weighted by Crippen LogP contribution is 2.33. The minimum Gasteiger partial charge on any atom is -0.508 e. The van der Waals surface area contributed by atoms with Crippen molar-refractivity contribution in [1.29, 1.82) is 0 Å². The van der Waals surface area contributed by atoms with Gasteiger partial charge in [-0.05, 0) is 53.2 Å². The molecule has 0 aromatic heterocycles. The Morgan fingerprint density at radius 1 is 1.15 bits per heavy atom. The van der Waals surface area contributed by atoms with Gasteiger partial charge in [0.1, 0.15) is 17.2 Å². The second-order valence-electron chi connectivity index (χ2n) is 4.45. The van der Waals surface area contributed by atoms with Crippen LogP contribution in [-0.2, 0) is 0 Å². The molecule has 0 saturated carbocycles. The van der Waals surface area contributed by atoms with Gasteiger partial charge in [0.05, 0.1) is 18.8 Å². The molecule has 0 radical (unpaired) electrons. The van der Waals surface area contributed by atoms with Crippen LogP contribution < -0.4 is 10.1 Å². The summed E-state index contributed by atoms with van der Waals surface area (Å²) in [6.45, 7) is 1.90. The molecule has 0 aliphatic carbocycles. The zero-order valence-corrected chi connectivity index (χ0v) is 12.8. The van der Waals surface area contributed by atoms with Crippen molar-refractivity contribution in [1.82, 2.24) is 0 Å². The molecule has 0 heterocycles. The first kappa shape index (κ1) is 14.5. The van der Waals surface area contributed by atoms with E-state index in [0.717, 1.165) is 15.9 Å². The summed E-state index contributed by atoms with van der Waals surface area (Å²) in [5.74, 6) is 1.00. The van der Waals surface area contributed by atoms with Gasteiger partial charge in [0, 0.05) is 16.1 Å². The van der Waals surface area contributed by atoms with Crippen LogP contribution in [-0.4, -0.2) is 17.3 Å². The monoisotopic (exact) mass is 337 g/mol. The lowest BCUT2D eigenvalue weighted by atomic mass is 10.1. The molecule has 0 saturated heterocycles. The van der Waals surface area contributed by atoms with Crippen LogP contribution in [0.2, 0.25) is 0 Å². The molecule has 0 bridgehead atoms. The second-order valence-corrected chi connectivity index (χ2v) is 5.31. The molecule has 3 N–H and O–H groups in total. The molecule has 2 rings (SSSR count). The molecule has 0 amide bonds. The Bertz CT molecular complexity index is 616. The van der Waals surface area contributed by atoms with Crippen molar-refractivity contribution in [2.75, 3.05) is 12.4 Å². The Morgan fingerprint density at radius 2 is 1.90 bits per heavy atom. The van der Waals surface area contributed by atoms with Gasteiger partial charge in [0.15, 0.2) is 0 Å². The maximum Gasteiger partial charge on any atom is 0.121 e. The summed E-state index contributed by atoms with van der Waals surface area (Å²) >= 11 is 3.46. The van der Waals surface area contributed by atoms with E-state index < -0.39 is 0 Å². The lowest BCUT2D eigenvalue weighted by Gasteiger charge is -2.18. The molecule has 0 aliphatic heterocycles. The number of methoxy groups -OCH3 is 1. The number of nitrogens with one attached hydrogen (secondary N) is 1. The minimum atomic E-state index is -0.175. The number of aromatic hydroxyl groups is 2. The van der Waals surface area contributed by atoms with E-state index in [0.29, 0.717) is 5.56 Å². The van der Waals surface area contributed by atoms with E-state index in [9.17, 15) is 10.2 Å². The second kappa shape index (κ2) is 6.05. The molecule has 0 spiro atoms. The maximum absolute atomic E-state index is 9.87. The Labute approximate surface area is 126 Å². The van der Waals surface area contributed by atoms with E-state index in [-0.39, 0.29) is 17.5 Å². The predicted molar refractivity (Wildman–Crippen MR) is 82.5 cm³/mol. The van der Waals surface area contributed by atoms with E-state index in [4.69, 9.17) is 4.74 Å². The third-order valence-electron chi connectivity index (χ3n) is 3.02. The summed E-state index contributed by atoms with van der Waals surface area (Å²) in [4.78, 5) is 0. The largest absolute Gasteiger partial charge is 0.508 e. The van der Waals surface area contributed by atoms with Crippen molar-refractivity contribution in [2.45, 2.75) is 13.0 Å². The molecule has 4 nitrogen and oxygen atoms in total. The lowest BCUT2D eigenvalue weighted by molar-refractivity contribution is 0.415. The van der Waals surface area contributed by atoms with Crippen molar-refractivity contribution in [2.24, 2.45) is 0 Å². The molecule has 20 heavy (non-hydrogen) atoms. The van der Waals surface area contributed by atoms with Gasteiger partial charge in [-0.3, -0.25) is 0 Å². The molecule has 0 aliphatic rings. The van der Waals surface area contributed by atoms with E-state index in [2.05, 4.69) is 21.2 Å². The highest BCUT2D eigenvalue weighted by Gasteiger charge is 2.13.